The quantitative estimate of drug-likeness (QED) is 0.762. The molecule has 0 amide bonds. The van der Waals surface area contributed by atoms with Crippen LogP contribution in [0.25, 0.3) is 11.0 Å². The fourth-order valence-electron chi connectivity index (χ4n) is 1.97. The van der Waals surface area contributed by atoms with E-state index in [-0.39, 0.29) is 6.04 Å². The molecule has 18 heavy (non-hydrogen) atoms. The Kier molecular flexibility index (Phi) is 2.89. The van der Waals surface area contributed by atoms with Crippen molar-refractivity contribution in [1.29, 1.82) is 0 Å². The average molecular weight is 302 g/mol. The molecule has 1 atom stereocenters. The van der Waals surface area contributed by atoms with Crippen molar-refractivity contribution in [3.05, 3.63) is 64.4 Å². The van der Waals surface area contributed by atoms with Crippen molar-refractivity contribution in [3.63, 3.8) is 0 Å². The molecule has 90 valence electrons. The molecule has 1 aromatic heterocycles. The predicted molar refractivity (Wildman–Crippen MR) is 76.3 cm³/mol. The van der Waals surface area contributed by atoms with E-state index in [0.29, 0.717) is 0 Å². The van der Waals surface area contributed by atoms with Crippen molar-refractivity contribution < 1.29 is 0 Å². The van der Waals surface area contributed by atoms with Gasteiger partial charge in [0.2, 0.25) is 0 Å². The van der Waals surface area contributed by atoms with E-state index in [9.17, 15) is 0 Å². The monoisotopic (exact) mass is 301 g/mol. The second kappa shape index (κ2) is 4.55. The van der Waals surface area contributed by atoms with Gasteiger partial charge in [0.25, 0.3) is 0 Å². The molecular formula is C14H12BrN3. The molecule has 0 aliphatic rings. The van der Waals surface area contributed by atoms with Gasteiger partial charge in [0.1, 0.15) is 5.82 Å². The van der Waals surface area contributed by atoms with Gasteiger partial charge in [-0.15, -0.1) is 0 Å². The van der Waals surface area contributed by atoms with E-state index in [1.165, 1.54) is 0 Å². The highest BCUT2D eigenvalue weighted by Crippen LogP contribution is 2.22. The van der Waals surface area contributed by atoms with Gasteiger partial charge >= 0.3 is 0 Å². The number of fused-ring (bicyclic) bond motifs is 1. The van der Waals surface area contributed by atoms with Crippen LogP contribution in [0.4, 0.5) is 0 Å². The molecule has 4 heteroatoms. The summed E-state index contributed by atoms with van der Waals surface area (Å²) < 4.78 is 1.03. The molecule has 1 heterocycles. The number of hydrogen-bond donors (Lipinski definition) is 2. The molecule has 2 aromatic carbocycles. The Bertz CT molecular complexity index is 676. The Labute approximate surface area is 113 Å². The summed E-state index contributed by atoms with van der Waals surface area (Å²) in [6, 6.07) is 15.7. The van der Waals surface area contributed by atoms with Gasteiger partial charge in [0.05, 0.1) is 17.1 Å². The summed E-state index contributed by atoms with van der Waals surface area (Å²) in [6.07, 6.45) is 0. The maximum atomic E-state index is 6.21. The molecular weight excluding hydrogens is 290 g/mol. The maximum Gasteiger partial charge on any atom is 0.128 e. The summed E-state index contributed by atoms with van der Waals surface area (Å²) in [6.45, 7) is 0. The SMILES string of the molecule is NC(c1ccccc1)c1nc2ccc(Br)cc2[nH]1. The fraction of sp³-hybridized carbons (Fsp3) is 0.0714. The Morgan fingerprint density at radius 2 is 1.89 bits per heavy atom. The van der Waals surface area contributed by atoms with Crippen LogP contribution < -0.4 is 5.73 Å². The Balaban J connectivity index is 2.04. The first-order chi connectivity index (χ1) is 8.74. The van der Waals surface area contributed by atoms with Gasteiger partial charge in [0.15, 0.2) is 0 Å². The maximum absolute atomic E-state index is 6.21. The third-order valence-corrected chi connectivity index (χ3v) is 3.41. The van der Waals surface area contributed by atoms with Crippen LogP contribution in [0.5, 0.6) is 0 Å². The normalized spacial score (nSPS) is 12.8. The van der Waals surface area contributed by atoms with Gasteiger partial charge in [-0.05, 0) is 23.8 Å². The van der Waals surface area contributed by atoms with E-state index in [0.717, 1.165) is 26.9 Å². The van der Waals surface area contributed by atoms with E-state index < -0.39 is 0 Å². The number of imidazole rings is 1. The third-order valence-electron chi connectivity index (χ3n) is 2.92. The topological polar surface area (TPSA) is 54.7 Å². The van der Waals surface area contributed by atoms with Gasteiger partial charge in [-0.1, -0.05) is 46.3 Å². The summed E-state index contributed by atoms with van der Waals surface area (Å²) in [5.74, 6) is 0.786. The van der Waals surface area contributed by atoms with Crippen LogP contribution in [0, 0.1) is 0 Å². The molecule has 3 aromatic rings. The molecule has 0 fully saturated rings. The van der Waals surface area contributed by atoms with Crippen LogP contribution in [0.3, 0.4) is 0 Å². The van der Waals surface area contributed by atoms with Gasteiger partial charge in [-0.25, -0.2) is 4.98 Å². The van der Waals surface area contributed by atoms with E-state index >= 15 is 0 Å². The summed E-state index contributed by atoms with van der Waals surface area (Å²) in [5, 5.41) is 0. The molecule has 0 aliphatic carbocycles. The summed E-state index contributed by atoms with van der Waals surface area (Å²) >= 11 is 3.44. The minimum Gasteiger partial charge on any atom is -0.340 e. The van der Waals surface area contributed by atoms with E-state index in [2.05, 4.69) is 25.9 Å². The molecule has 0 aliphatic heterocycles. The van der Waals surface area contributed by atoms with Gasteiger partial charge in [-0.2, -0.15) is 0 Å². The van der Waals surface area contributed by atoms with Crippen LogP contribution in [0.1, 0.15) is 17.4 Å². The molecule has 0 bridgehead atoms. The first-order valence-corrected chi connectivity index (χ1v) is 6.49. The van der Waals surface area contributed by atoms with Crippen LogP contribution in [0.2, 0.25) is 0 Å². The lowest BCUT2D eigenvalue weighted by Gasteiger charge is -2.08. The highest BCUT2D eigenvalue weighted by molar-refractivity contribution is 9.10. The van der Waals surface area contributed by atoms with Gasteiger partial charge in [-0.3, -0.25) is 0 Å². The van der Waals surface area contributed by atoms with Crippen LogP contribution in [0.15, 0.2) is 53.0 Å². The van der Waals surface area contributed by atoms with Crippen LogP contribution >= 0.6 is 15.9 Å². The van der Waals surface area contributed by atoms with Gasteiger partial charge in [0, 0.05) is 4.47 Å². The molecule has 0 radical (unpaired) electrons. The Morgan fingerprint density at radius 3 is 2.67 bits per heavy atom. The molecule has 0 saturated heterocycles. The lowest BCUT2D eigenvalue weighted by molar-refractivity contribution is 0.806. The second-order valence-electron chi connectivity index (χ2n) is 4.17. The number of H-pyrrole nitrogens is 1. The number of nitrogens with two attached hydrogens (primary N) is 1. The van der Waals surface area contributed by atoms with E-state index in [1.807, 2.05) is 48.5 Å². The van der Waals surface area contributed by atoms with Gasteiger partial charge < -0.3 is 10.7 Å². The zero-order chi connectivity index (χ0) is 12.5. The van der Waals surface area contributed by atoms with E-state index in [4.69, 9.17) is 5.73 Å². The highest BCUT2D eigenvalue weighted by atomic mass is 79.9. The fourth-order valence-corrected chi connectivity index (χ4v) is 2.33. The van der Waals surface area contributed by atoms with Crippen molar-refractivity contribution in [1.82, 2.24) is 9.97 Å². The minimum atomic E-state index is -0.225. The smallest absolute Gasteiger partial charge is 0.128 e. The largest absolute Gasteiger partial charge is 0.340 e. The third kappa shape index (κ3) is 2.05. The number of rotatable bonds is 2. The van der Waals surface area contributed by atoms with Crippen molar-refractivity contribution >= 4 is 27.0 Å². The number of aromatic nitrogens is 2. The molecule has 3 N–H and O–H groups in total. The number of hydrogen-bond acceptors (Lipinski definition) is 2. The Morgan fingerprint density at radius 1 is 1.11 bits per heavy atom. The van der Waals surface area contributed by atoms with Crippen molar-refractivity contribution in [2.75, 3.05) is 0 Å². The molecule has 1 unspecified atom stereocenters. The van der Waals surface area contributed by atoms with Crippen molar-refractivity contribution in [2.45, 2.75) is 6.04 Å². The predicted octanol–water partition coefficient (Wildman–Crippen LogP) is 3.37. The zero-order valence-corrected chi connectivity index (χ0v) is 11.2. The lowest BCUT2D eigenvalue weighted by Crippen LogP contribution is -2.13. The first kappa shape index (κ1) is 11.4. The minimum absolute atomic E-state index is 0.225. The standard InChI is InChI=1S/C14H12BrN3/c15-10-6-7-11-12(8-10)18-14(17-11)13(16)9-4-2-1-3-5-9/h1-8,13H,16H2,(H,17,18). The molecule has 3 nitrogen and oxygen atoms in total. The number of nitrogens with one attached hydrogen (secondary N) is 1. The molecule has 0 saturated carbocycles. The number of halogens is 1. The summed E-state index contributed by atoms with van der Waals surface area (Å²) in [5.41, 5.74) is 9.19. The van der Waals surface area contributed by atoms with Crippen molar-refractivity contribution in [3.8, 4) is 0 Å². The zero-order valence-electron chi connectivity index (χ0n) is 9.60. The van der Waals surface area contributed by atoms with Crippen LogP contribution in [-0.2, 0) is 0 Å². The summed E-state index contributed by atoms with van der Waals surface area (Å²) in [4.78, 5) is 7.80. The van der Waals surface area contributed by atoms with E-state index in [1.54, 1.807) is 0 Å². The lowest BCUT2D eigenvalue weighted by atomic mass is 10.1. The first-order valence-electron chi connectivity index (χ1n) is 5.70. The molecule has 0 spiro atoms. The second-order valence-corrected chi connectivity index (χ2v) is 5.09. The van der Waals surface area contributed by atoms with Crippen molar-refractivity contribution in [2.24, 2.45) is 5.73 Å². The van der Waals surface area contributed by atoms with Crippen LogP contribution in [-0.4, -0.2) is 9.97 Å². The number of benzene rings is 2. The number of nitrogens with zero attached hydrogens (tertiary/aromatic N) is 1. The summed E-state index contributed by atoms with van der Waals surface area (Å²) in [7, 11) is 0. The highest BCUT2D eigenvalue weighted by Gasteiger charge is 2.13. The number of aromatic amines is 1. The molecule has 3 rings (SSSR count). The Hall–Kier alpha value is -1.65. The average Bonchev–Trinajstić information content (AvgIpc) is 2.81.